The highest BCUT2D eigenvalue weighted by Crippen LogP contribution is 2.07. The Hall–Kier alpha value is -2.40. The van der Waals surface area contributed by atoms with Gasteiger partial charge in [-0.05, 0) is 41.9 Å². The van der Waals surface area contributed by atoms with Crippen LogP contribution in [0.3, 0.4) is 0 Å². The van der Waals surface area contributed by atoms with Crippen molar-refractivity contribution in [3.05, 3.63) is 71.3 Å². The highest BCUT2D eigenvalue weighted by molar-refractivity contribution is 7.80. The van der Waals surface area contributed by atoms with E-state index in [9.17, 15) is 4.79 Å². The normalized spacial score (nSPS) is 10.1. The molecule has 0 aliphatic rings. The van der Waals surface area contributed by atoms with Crippen molar-refractivity contribution in [3.8, 4) is 0 Å². The van der Waals surface area contributed by atoms with E-state index >= 15 is 0 Å². The first-order chi connectivity index (χ1) is 11.6. The molecule has 0 radical (unpaired) electrons. The lowest BCUT2D eigenvalue weighted by molar-refractivity contribution is 0.0963. The number of nitrogens with one attached hydrogen (secondary N) is 2. The van der Waals surface area contributed by atoms with Gasteiger partial charge in [0.25, 0.3) is 5.91 Å². The van der Waals surface area contributed by atoms with Crippen LogP contribution in [0.2, 0.25) is 0 Å². The standard InChI is InChI=1S/C19H23N3OS/c1-20-18(23)17-10-8-16(9-11-17)14-22(2)19(24)21-13-12-15-6-4-3-5-7-15/h3-11H,12-14H2,1-2H3,(H,20,23)(H,21,24). The van der Waals surface area contributed by atoms with E-state index in [4.69, 9.17) is 12.2 Å². The lowest BCUT2D eigenvalue weighted by Crippen LogP contribution is -2.37. The Bertz CT molecular complexity index is 671. The second-order valence-corrected chi connectivity index (χ2v) is 5.99. The molecule has 0 fully saturated rings. The summed E-state index contributed by atoms with van der Waals surface area (Å²) in [7, 11) is 3.59. The van der Waals surface area contributed by atoms with Gasteiger partial charge in [-0.25, -0.2) is 0 Å². The number of nitrogens with zero attached hydrogens (tertiary/aromatic N) is 1. The number of benzene rings is 2. The predicted octanol–water partition coefficient (Wildman–Crippen LogP) is 2.60. The summed E-state index contributed by atoms with van der Waals surface area (Å²) in [4.78, 5) is 13.5. The Morgan fingerprint density at radius 1 is 1.04 bits per heavy atom. The van der Waals surface area contributed by atoms with Gasteiger partial charge < -0.3 is 15.5 Å². The largest absolute Gasteiger partial charge is 0.362 e. The quantitative estimate of drug-likeness (QED) is 0.793. The molecule has 0 saturated carbocycles. The first-order valence-electron chi connectivity index (χ1n) is 7.94. The van der Waals surface area contributed by atoms with Gasteiger partial charge >= 0.3 is 0 Å². The minimum Gasteiger partial charge on any atom is -0.362 e. The molecule has 24 heavy (non-hydrogen) atoms. The monoisotopic (exact) mass is 341 g/mol. The van der Waals surface area contributed by atoms with E-state index in [1.807, 2.05) is 54.4 Å². The van der Waals surface area contributed by atoms with Gasteiger partial charge in [-0.2, -0.15) is 0 Å². The van der Waals surface area contributed by atoms with Crippen LogP contribution in [0.15, 0.2) is 54.6 Å². The summed E-state index contributed by atoms with van der Waals surface area (Å²) in [6, 6.07) is 17.9. The van der Waals surface area contributed by atoms with Gasteiger partial charge in [0.05, 0.1) is 0 Å². The zero-order chi connectivity index (χ0) is 17.4. The summed E-state index contributed by atoms with van der Waals surface area (Å²) in [6.07, 6.45) is 0.940. The number of hydrogen-bond donors (Lipinski definition) is 2. The number of carbonyl (C=O) groups excluding carboxylic acids is 1. The van der Waals surface area contributed by atoms with Crippen molar-refractivity contribution in [2.45, 2.75) is 13.0 Å². The minimum atomic E-state index is -0.0759. The Labute approximate surface area is 148 Å². The van der Waals surface area contributed by atoms with Crippen LogP contribution >= 0.6 is 12.2 Å². The molecular formula is C19H23N3OS. The van der Waals surface area contributed by atoms with Gasteiger partial charge in [-0.15, -0.1) is 0 Å². The minimum absolute atomic E-state index is 0.0759. The molecule has 0 heterocycles. The predicted molar refractivity (Wildman–Crippen MR) is 102 cm³/mol. The zero-order valence-corrected chi connectivity index (χ0v) is 14.9. The number of rotatable bonds is 6. The molecule has 126 valence electrons. The molecular weight excluding hydrogens is 318 g/mol. The van der Waals surface area contributed by atoms with Crippen molar-refractivity contribution in [1.82, 2.24) is 15.5 Å². The van der Waals surface area contributed by atoms with Gasteiger partial charge in [0, 0.05) is 32.7 Å². The Balaban J connectivity index is 1.79. The van der Waals surface area contributed by atoms with E-state index in [1.54, 1.807) is 7.05 Å². The van der Waals surface area contributed by atoms with Crippen LogP contribution < -0.4 is 10.6 Å². The van der Waals surface area contributed by atoms with E-state index in [0.717, 1.165) is 23.6 Å². The molecule has 5 heteroatoms. The number of hydrogen-bond acceptors (Lipinski definition) is 2. The van der Waals surface area contributed by atoms with Crippen molar-refractivity contribution in [2.75, 3.05) is 20.6 Å². The number of amides is 1. The first-order valence-corrected chi connectivity index (χ1v) is 8.35. The van der Waals surface area contributed by atoms with Gasteiger partial charge in [0.15, 0.2) is 5.11 Å². The molecule has 0 spiro atoms. The van der Waals surface area contributed by atoms with E-state index in [2.05, 4.69) is 22.8 Å². The molecule has 0 bridgehead atoms. The zero-order valence-electron chi connectivity index (χ0n) is 14.1. The first kappa shape index (κ1) is 17.9. The fourth-order valence-corrected chi connectivity index (χ4v) is 2.51. The third-order valence-corrected chi connectivity index (χ3v) is 4.20. The van der Waals surface area contributed by atoms with Crippen molar-refractivity contribution in [3.63, 3.8) is 0 Å². The Kier molecular flexibility index (Phi) is 6.75. The molecule has 0 atom stereocenters. The summed E-state index contributed by atoms with van der Waals surface area (Å²) in [5.41, 5.74) is 3.06. The Morgan fingerprint density at radius 3 is 2.33 bits per heavy atom. The highest BCUT2D eigenvalue weighted by atomic mass is 32.1. The van der Waals surface area contributed by atoms with Gasteiger partial charge in [-0.1, -0.05) is 42.5 Å². The number of carbonyl (C=O) groups is 1. The molecule has 0 saturated heterocycles. The molecule has 2 aromatic rings. The van der Waals surface area contributed by atoms with Gasteiger partial charge in [-0.3, -0.25) is 4.79 Å². The van der Waals surface area contributed by atoms with Crippen molar-refractivity contribution >= 4 is 23.2 Å². The van der Waals surface area contributed by atoms with Crippen molar-refractivity contribution in [1.29, 1.82) is 0 Å². The van der Waals surface area contributed by atoms with Crippen LogP contribution in [0.1, 0.15) is 21.5 Å². The molecule has 2 aromatic carbocycles. The van der Waals surface area contributed by atoms with E-state index in [-0.39, 0.29) is 5.91 Å². The molecule has 0 aromatic heterocycles. The summed E-state index contributed by atoms with van der Waals surface area (Å²) >= 11 is 5.43. The Morgan fingerprint density at radius 2 is 1.71 bits per heavy atom. The summed E-state index contributed by atoms with van der Waals surface area (Å²) in [6.45, 7) is 1.51. The topological polar surface area (TPSA) is 44.4 Å². The van der Waals surface area contributed by atoms with E-state index < -0.39 is 0 Å². The lowest BCUT2D eigenvalue weighted by Gasteiger charge is -2.21. The average Bonchev–Trinajstić information content (AvgIpc) is 2.62. The van der Waals surface area contributed by atoms with Crippen LogP contribution in [0.5, 0.6) is 0 Å². The third-order valence-electron chi connectivity index (χ3n) is 3.74. The fraction of sp³-hybridized carbons (Fsp3) is 0.263. The van der Waals surface area contributed by atoms with Crippen molar-refractivity contribution in [2.24, 2.45) is 0 Å². The molecule has 0 aliphatic heterocycles. The average molecular weight is 341 g/mol. The molecule has 0 aliphatic carbocycles. The molecule has 2 N–H and O–H groups in total. The highest BCUT2D eigenvalue weighted by Gasteiger charge is 2.06. The van der Waals surface area contributed by atoms with Gasteiger partial charge in [0.1, 0.15) is 0 Å². The van der Waals surface area contributed by atoms with Crippen LogP contribution in [-0.4, -0.2) is 36.6 Å². The van der Waals surface area contributed by atoms with Crippen LogP contribution in [0.25, 0.3) is 0 Å². The van der Waals surface area contributed by atoms with Crippen molar-refractivity contribution < 1.29 is 4.79 Å². The van der Waals surface area contributed by atoms with Crippen LogP contribution in [-0.2, 0) is 13.0 Å². The van der Waals surface area contributed by atoms with Crippen LogP contribution in [0, 0.1) is 0 Å². The van der Waals surface area contributed by atoms with E-state index in [1.165, 1.54) is 5.56 Å². The summed E-state index contributed by atoms with van der Waals surface area (Å²) in [5, 5.41) is 6.62. The molecule has 1 amide bonds. The van der Waals surface area contributed by atoms with Crippen LogP contribution in [0.4, 0.5) is 0 Å². The second-order valence-electron chi connectivity index (χ2n) is 5.60. The summed E-state index contributed by atoms with van der Waals surface area (Å²) in [5.74, 6) is -0.0759. The number of thiocarbonyl (C=S) groups is 1. The fourth-order valence-electron chi connectivity index (χ4n) is 2.34. The lowest BCUT2D eigenvalue weighted by atomic mass is 10.1. The molecule has 0 unspecified atom stereocenters. The third kappa shape index (κ3) is 5.35. The maximum absolute atomic E-state index is 11.5. The maximum atomic E-state index is 11.5. The van der Waals surface area contributed by atoms with E-state index in [0.29, 0.717) is 12.1 Å². The molecule has 4 nitrogen and oxygen atoms in total. The SMILES string of the molecule is CNC(=O)c1ccc(CN(C)C(=S)NCCc2ccccc2)cc1. The maximum Gasteiger partial charge on any atom is 0.251 e. The molecule has 2 rings (SSSR count). The summed E-state index contributed by atoms with van der Waals surface area (Å²) < 4.78 is 0. The second kappa shape index (κ2) is 9.03. The van der Waals surface area contributed by atoms with Gasteiger partial charge in [0.2, 0.25) is 0 Å². The smallest absolute Gasteiger partial charge is 0.251 e.